The molecule has 5 rings (SSSR count). The molecule has 14 heteroatoms. The average Bonchev–Trinajstić information content (AvgIpc) is 3.22. The number of nitrogens with one attached hydrogen (secondary N) is 4. The number of imide groups is 1. The number of aliphatic hydroxyl groups excluding tert-OH is 1. The molecule has 0 fully saturated rings. The van der Waals surface area contributed by atoms with E-state index in [9.17, 15) is 29.1 Å². The van der Waals surface area contributed by atoms with E-state index in [1.165, 1.54) is 11.1 Å². The maximum Gasteiger partial charge on any atom is 0.408 e. The van der Waals surface area contributed by atoms with Gasteiger partial charge in [-0.25, -0.2) is 14.8 Å². The maximum atomic E-state index is 13.8. The highest BCUT2D eigenvalue weighted by Crippen LogP contribution is 2.14. The zero-order valence-corrected chi connectivity index (χ0v) is 32.4. The van der Waals surface area contributed by atoms with Gasteiger partial charge < -0.3 is 26.2 Å². The van der Waals surface area contributed by atoms with Gasteiger partial charge in [0, 0.05) is 18.5 Å². The number of para-hydroxylation sites is 1. The lowest BCUT2D eigenvalue weighted by atomic mass is 10.00. The molecule has 1 heterocycles. The van der Waals surface area contributed by atoms with E-state index < -0.39 is 60.4 Å². The highest BCUT2D eigenvalue weighted by molar-refractivity contribution is 6.05. The van der Waals surface area contributed by atoms with E-state index in [2.05, 4.69) is 26.4 Å². The largest absolute Gasteiger partial charge is 0.445 e. The topological polar surface area (TPSA) is 205 Å². The third-order valence-corrected chi connectivity index (χ3v) is 9.24. The van der Waals surface area contributed by atoms with Gasteiger partial charge in [0.15, 0.2) is 0 Å². The number of aliphatic hydroxyl groups is 1. The SMILES string of the molecule is CC(C)[C@H](NC(=O)OCc1ccccc1)C(=O)NN(Cc1ccccc1)CC(O)C(Cc1ccccc1)NC(=O)[C@@H](N)CC(=O)NC(=O)c1ccc2ccccc2n1. The van der Waals surface area contributed by atoms with E-state index in [0.29, 0.717) is 5.52 Å². The fourth-order valence-corrected chi connectivity index (χ4v) is 6.13. The summed E-state index contributed by atoms with van der Waals surface area (Å²) >= 11 is 0. The van der Waals surface area contributed by atoms with Crippen LogP contribution in [0, 0.1) is 5.92 Å². The number of fused-ring (bicyclic) bond motifs is 1. The molecule has 0 spiro atoms. The summed E-state index contributed by atoms with van der Waals surface area (Å²) in [7, 11) is 0. The van der Waals surface area contributed by atoms with Gasteiger partial charge in [-0.1, -0.05) is 129 Å². The van der Waals surface area contributed by atoms with Crippen LogP contribution < -0.4 is 27.1 Å². The zero-order valence-electron chi connectivity index (χ0n) is 32.4. The van der Waals surface area contributed by atoms with E-state index >= 15 is 0 Å². The summed E-state index contributed by atoms with van der Waals surface area (Å²) in [5.74, 6) is -3.13. The van der Waals surface area contributed by atoms with Crippen LogP contribution >= 0.6 is 0 Å². The molecule has 7 N–H and O–H groups in total. The number of aromatic nitrogens is 1. The van der Waals surface area contributed by atoms with E-state index in [1.54, 1.807) is 32.0 Å². The molecule has 14 nitrogen and oxygen atoms in total. The molecule has 0 radical (unpaired) electrons. The van der Waals surface area contributed by atoms with Gasteiger partial charge in [-0.3, -0.25) is 29.9 Å². The average molecular weight is 788 g/mol. The van der Waals surface area contributed by atoms with Crippen molar-refractivity contribution in [2.45, 2.75) is 64.1 Å². The number of nitrogens with two attached hydrogens (primary N) is 1. The quantitative estimate of drug-likeness (QED) is 0.0710. The Morgan fingerprint density at radius 1 is 0.741 bits per heavy atom. The Hall–Kier alpha value is -6.48. The number of ether oxygens (including phenoxy) is 1. The van der Waals surface area contributed by atoms with Crippen molar-refractivity contribution in [2.75, 3.05) is 6.54 Å². The summed E-state index contributed by atoms with van der Waals surface area (Å²) in [6, 6.07) is 34.7. The molecule has 2 unspecified atom stereocenters. The fourth-order valence-electron chi connectivity index (χ4n) is 6.13. The van der Waals surface area contributed by atoms with Gasteiger partial charge in [-0.15, -0.1) is 0 Å². The summed E-state index contributed by atoms with van der Waals surface area (Å²) in [4.78, 5) is 70.0. The van der Waals surface area contributed by atoms with Crippen LogP contribution in [0.25, 0.3) is 10.9 Å². The molecule has 0 saturated carbocycles. The van der Waals surface area contributed by atoms with Gasteiger partial charge in [-0.2, -0.15) is 0 Å². The number of pyridine rings is 1. The Labute approximate surface area is 337 Å². The number of carbonyl (C=O) groups is 5. The molecule has 0 aliphatic rings. The van der Waals surface area contributed by atoms with Crippen LogP contribution in [0.4, 0.5) is 4.79 Å². The lowest BCUT2D eigenvalue weighted by Gasteiger charge is -2.32. The van der Waals surface area contributed by atoms with Gasteiger partial charge in [0.05, 0.1) is 30.1 Å². The monoisotopic (exact) mass is 787 g/mol. The molecule has 0 saturated heterocycles. The first kappa shape index (κ1) is 42.7. The molecule has 4 aromatic carbocycles. The number of benzene rings is 4. The lowest BCUT2D eigenvalue weighted by molar-refractivity contribution is -0.131. The van der Waals surface area contributed by atoms with Crippen LogP contribution in [0.15, 0.2) is 127 Å². The fraction of sp³-hybridized carbons (Fsp3) is 0.273. The van der Waals surface area contributed by atoms with Crippen LogP contribution in [0.1, 0.15) is 47.4 Å². The number of carbonyl (C=O) groups excluding carboxylic acids is 5. The van der Waals surface area contributed by atoms with Crippen LogP contribution in [0.2, 0.25) is 0 Å². The predicted molar refractivity (Wildman–Crippen MR) is 218 cm³/mol. The second kappa shape index (κ2) is 21.2. The van der Waals surface area contributed by atoms with Crippen molar-refractivity contribution in [3.63, 3.8) is 0 Å². The summed E-state index contributed by atoms with van der Waals surface area (Å²) in [5, 5.41) is 21.8. The number of amides is 5. The lowest BCUT2D eigenvalue weighted by Crippen LogP contribution is -2.58. The predicted octanol–water partition coefficient (Wildman–Crippen LogP) is 3.78. The molecule has 58 heavy (non-hydrogen) atoms. The Kier molecular flexibility index (Phi) is 15.6. The minimum Gasteiger partial charge on any atom is -0.445 e. The first-order valence-corrected chi connectivity index (χ1v) is 19.0. The number of hydrogen-bond acceptors (Lipinski definition) is 10. The highest BCUT2D eigenvalue weighted by Gasteiger charge is 2.31. The first-order chi connectivity index (χ1) is 27.9. The Bertz CT molecular complexity index is 2140. The van der Waals surface area contributed by atoms with E-state index in [-0.39, 0.29) is 37.7 Å². The van der Waals surface area contributed by atoms with E-state index in [0.717, 1.165) is 22.1 Å². The smallest absolute Gasteiger partial charge is 0.408 e. The van der Waals surface area contributed by atoms with Gasteiger partial charge in [-0.05, 0) is 41.2 Å². The third-order valence-electron chi connectivity index (χ3n) is 9.24. The van der Waals surface area contributed by atoms with Gasteiger partial charge in [0.2, 0.25) is 11.8 Å². The molecule has 0 aliphatic carbocycles. The number of hydrogen-bond donors (Lipinski definition) is 6. The van der Waals surface area contributed by atoms with E-state index in [4.69, 9.17) is 10.5 Å². The van der Waals surface area contributed by atoms with Crippen LogP contribution in [0.3, 0.4) is 0 Å². The third kappa shape index (κ3) is 13.0. The summed E-state index contributed by atoms with van der Waals surface area (Å²) in [6.45, 7) is 3.59. The molecule has 0 bridgehead atoms. The second-order valence-corrected chi connectivity index (χ2v) is 14.2. The van der Waals surface area contributed by atoms with E-state index in [1.807, 2.05) is 103 Å². The van der Waals surface area contributed by atoms with Crippen molar-refractivity contribution in [1.82, 2.24) is 31.4 Å². The van der Waals surface area contributed by atoms with Crippen molar-refractivity contribution in [1.29, 1.82) is 0 Å². The van der Waals surface area contributed by atoms with Crippen molar-refractivity contribution < 1.29 is 33.8 Å². The molecular formula is C44H49N7O7. The van der Waals surface area contributed by atoms with Crippen molar-refractivity contribution in [3.8, 4) is 0 Å². The Balaban J connectivity index is 1.25. The standard InChI is InChI=1S/C44H49N7O7/c1-29(2)40(49-44(57)58-28-32-18-10-5-11-19-32)43(56)50-51(26-31-16-8-4-9-17-31)27-38(52)37(24-30-14-6-3-7-15-30)47-41(54)34(45)25-39(53)48-42(55)36-23-22-33-20-12-13-21-35(33)46-36/h3-23,29,34,37-38,40,52H,24-28,45H2,1-2H3,(H,47,54)(H,49,57)(H,50,56)(H,48,53,55)/t34-,37?,38?,40-/m0/s1. The van der Waals surface area contributed by atoms with Crippen LogP contribution in [-0.2, 0) is 38.7 Å². The van der Waals surface area contributed by atoms with Gasteiger partial charge in [0.25, 0.3) is 11.8 Å². The molecule has 1 aromatic heterocycles. The molecule has 0 aliphatic heterocycles. The summed E-state index contributed by atoms with van der Waals surface area (Å²) < 4.78 is 5.37. The van der Waals surface area contributed by atoms with Crippen molar-refractivity contribution >= 4 is 40.6 Å². The number of nitrogens with zero attached hydrogens (tertiary/aromatic N) is 2. The normalized spacial score (nSPS) is 13.2. The van der Waals surface area contributed by atoms with Gasteiger partial charge >= 0.3 is 6.09 Å². The van der Waals surface area contributed by atoms with Crippen molar-refractivity contribution in [2.24, 2.45) is 11.7 Å². The minimum absolute atomic E-state index is 0.0230. The number of alkyl carbamates (subject to hydrolysis) is 1. The Morgan fingerprint density at radius 2 is 1.34 bits per heavy atom. The van der Waals surface area contributed by atoms with Crippen molar-refractivity contribution in [3.05, 3.63) is 150 Å². The Morgan fingerprint density at radius 3 is 2.00 bits per heavy atom. The molecular weight excluding hydrogens is 739 g/mol. The first-order valence-electron chi connectivity index (χ1n) is 19.0. The number of rotatable bonds is 18. The van der Waals surface area contributed by atoms with Crippen LogP contribution in [0.5, 0.6) is 0 Å². The number of hydrazine groups is 1. The molecule has 5 amide bonds. The molecule has 5 aromatic rings. The molecule has 4 atom stereocenters. The zero-order chi connectivity index (χ0) is 41.4. The summed E-state index contributed by atoms with van der Waals surface area (Å²) in [5.41, 5.74) is 12.0. The maximum absolute atomic E-state index is 13.8. The molecule has 302 valence electrons. The highest BCUT2D eigenvalue weighted by atomic mass is 16.5. The minimum atomic E-state index is -1.37. The van der Waals surface area contributed by atoms with Crippen LogP contribution in [-0.4, -0.2) is 75.6 Å². The second-order valence-electron chi connectivity index (χ2n) is 14.2. The summed E-state index contributed by atoms with van der Waals surface area (Å²) in [6.07, 6.45) is -2.39. The van der Waals surface area contributed by atoms with Gasteiger partial charge in [0.1, 0.15) is 18.3 Å².